The third-order valence-corrected chi connectivity index (χ3v) is 7.70. The number of carboxylic acids is 1. The standard InChI is InChI=1S/C25H32N2O4.C6H9NO2/c1-18-9-10-22(15-23(18)26(3)19(2)28)21-11-13-27(14-12-21)24(25(29)30)17-31-16-20-7-5-4-6-8-20;1-4-2-3-5(8)7-6(4)9/h4-10,15,21,24H,11-14,16-17H2,1-3H3,(H,29,30);4H,2-3H2,1H3,(H,7,8,9). The summed E-state index contributed by atoms with van der Waals surface area (Å²) in [4.78, 5) is 48.5. The van der Waals surface area contributed by atoms with E-state index < -0.39 is 12.0 Å². The normalized spacial score (nSPS) is 18.8. The quantitative estimate of drug-likeness (QED) is 0.478. The fourth-order valence-corrected chi connectivity index (χ4v) is 4.95. The first-order chi connectivity index (χ1) is 19.1. The molecule has 2 fully saturated rings. The number of nitrogens with zero attached hydrogens (tertiary/aromatic N) is 2. The summed E-state index contributed by atoms with van der Waals surface area (Å²) < 4.78 is 5.73. The predicted molar refractivity (Wildman–Crippen MR) is 153 cm³/mol. The Labute approximate surface area is 236 Å². The van der Waals surface area contributed by atoms with Crippen molar-refractivity contribution in [3.63, 3.8) is 0 Å². The van der Waals surface area contributed by atoms with Gasteiger partial charge in [0.25, 0.3) is 0 Å². The number of carbonyl (C=O) groups excluding carboxylic acids is 3. The molecule has 2 aromatic rings. The molecule has 2 heterocycles. The molecule has 2 aromatic carbocycles. The third kappa shape index (κ3) is 8.72. The number of rotatable bonds is 8. The lowest BCUT2D eigenvalue weighted by Crippen LogP contribution is -2.47. The number of nitrogens with one attached hydrogen (secondary N) is 1. The molecule has 3 amide bonds. The first-order valence-corrected chi connectivity index (χ1v) is 13.8. The lowest BCUT2D eigenvalue weighted by atomic mass is 9.88. The van der Waals surface area contributed by atoms with Crippen molar-refractivity contribution >= 4 is 29.4 Å². The molecule has 0 radical (unpaired) electrons. The van der Waals surface area contributed by atoms with E-state index in [1.54, 1.807) is 18.9 Å². The van der Waals surface area contributed by atoms with E-state index in [1.165, 1.54) is 5.56 Å². The highest BCUT2D eigenvalue weighted by atomic mass is 16.5. The van der Waals surface area contributed by atoms with Gasteiger partial charge in [0.2, 0.25) is 17.7 Å². The molecule has 2 unspecified atom stereocenters. The Morgan fingerprint density at radius 2 is 1.77 bits per heavy atom. The van der Waals surface area contributed by atoms with Crippen LogP contribution in [0.25, 0.3) is 0 Å². The fourth-order valence-electron chi connectivity index (χ4n) is 4.95. The Kier molecular flexibility index (Phi) is 11.4. The van der Waals surface area contributed by atoms with Crippen molar-refractivity contribution in [1.82, 2.24) is 10.2 Å². The molecule has 0 saturated carbocycles. The van der Waals surface area contributed by atoms with Crippen molar-refractivity contribution in [3.05, 3.63) is 65.2 Å². The molecule has 2 N–H and O–H groups in total. The number of piperidine rings is 2. The van der Waals surface area contributed by atoms with Crippen LogP contribution >= 0.6 is 0 Å². The van der Waals surface area contributed by atoms with Gasteiger partial charge in [-0.25, -0.2) is 0 Å². The summed E-state index contributed by atoms with van der Waals surface area (Å²) in [6.07, 6.45) is 2.96. The molecule has 4 rings (SSSR count). The summed E-state index contributed by atoms with van der Waals surface area (Å²) in [7, 11) is 1.80. The van der Waals surface area contributed by atoms with Gasteiger partial charge in [0.15, 0.2) is 0 Å². The summed E-state index contributed by atoms with van der Waals surface area (Å²) in [5.74, 6) is -0.732. The summed E-state index contributed by atoms with van der Waals surface area (Å²) >= 11 is 0. The predicted octanol–water partition coefficient (Wildman–Crippen LogP) is 3.89. The topological polar surface area (TPSA) is 116 Å². The number of hydrogen-bond donors (Lipinski definition) is 2. The van der Waals surface area contributed by atoms with E-state index >= 15 is 0 Å². The summed E-state index contributed by atoms with van der Waals surface area (Å²) in [5, 5.41) is 12.0. The summed E-state index contributed by atoms with van der Waals surface area (Å²) in [6, 6.07) is 15.4. The van der Waals surface area contributed by atoms with Crippen molar-refractivity contribution in [1.29, 1.82) is 0 Å². The molecule has 2 aliphatic heterocycles. The number of hydrogen-bond acceptors (Lipinski definition) is 6. The zero-order chi connectivity index (χ0) is 29.2. The molecule has 40 heavy (non-hydrogen) atoms. The van der Waals surface area contributed by atoms with Gasteiger partial charge in [0.05, 0.1) is 13.2 Å². The van der Waals surface area contributed by atoms with Crippen LogP contribution in [0.5, 0.6) is 0 Å². The summed E-state index contributed by atoms with van der Waals surface area (Å²) in [6.45, 7) is 7.40. The van der Waals surface area contributed by atoms with Crippen LogP contribution in [0.15, 0.2) is 48.5 Å². The van der Waals surface area contributed by atoms with Crippen LogP contribution < -0.4 is 10.2 Å². The van der Waals surface area contributed by atoms with E-state index in [9.17, 15) is 24.3 Å². The van der Waals surface area contributed by atoms with E-state index in [2.05, 4.69) is 23.5 Å². The molecule has 9 nitrogen and oxygen atoms in total. The Hall–Kier alpha value is -3.56. The Balaban J connectivity index is 0.000000415. The average molecular weight is 552 g/mol. The van der Waals surface area contributed by atoms with Gasteiger partial charge in [0.1, 0.15) is 6.04 Å². The van der Waals surface area contributed by atoms with E-state index in [4.69, 9.17) is 4.74 Å². The molecular weight excluding hydrogens is 510 g/mol. The molecule has 0 aromatic heterocycles. The largest absolute Gasteiger partial charge is 0.480 e. The fraction of sp³-hybridized carbons (Fsp3) is 0.484. The lowest BCUT2D eigenvalue weighted by molar-refractivity contribution is -0.146. The van der Waals surface area contributed by atoms with Gasteiger partial charge in [-0.3, -0.25) is 29.4 Å². The van der Waals surface area contributed by atoms with Crippen LogP contribution in [0.3, 0.4) is 0 Å². The minimum atomic E-state index is -0.841. The number of carbonyl (C=O) groups is 4. The molecule has 0 spiro atoms. The smallest absolute Gasteiger partial charge is 0.323 e. The SMILES string of the molecule is CC(=O)N(C)c1cc(C2CCN(C(COCc3ccccc3)C(=O)O)CC2)ccc1C.CC1CCC(=O)NC1=O. The van der Waals surface area contributed by atoms with Crippen LogP contribution in [0.2, 0.25) is 0 Å². The molecule has 2 saturated heterocycles. The molecule has 0 aliphatic carbocycles. The van der Waals surface area contributed by atoms with Crippen LogP contribution in [0.1, 0.15) is 62.1 Å². The summed E-state index contributed by atoms with van der Waals surface area (Å²) in [5.41, 5.74) is 4.25. The number of ether oxygens (including phenoxy) is 1. The first-order valence-electron chi connectivity index (χ1n) is 13.8. The molecule has 216 valence electrons. The van der Waals surface area contributed by atoms with Crippen LogP contribution in [0, 0.1) is 12.8 Å². The van der Waals surface area contributed by atoms with E-state index in [1.807, 2.05) is 49.1 Å². The van der Waals surface area contributed by atoms with Crippen LogP contribution in [-0.4, -0.2) is 66.5 Å². The zero-order valence-electron chi connectivity index (χ0n) is 23.9. The zero-order valence-corrected chi connectivity index (χ0v) is 23.9. The average Bonchev–Trinajstić information content (AvgIpc) is 2.94. The minimum absolute atomic E-state index is 0.00914. The number of likely N-dealkylation sites (tertiary alicyclic amines) is 1. The van der Waals surface area contributed by atoms with Gasteiger partial charge >= 0.3 is 5.97 Å². The van der Waals surface area contributed by atoms with Crippen LogP contribution in [-0.2, 0) is 30.5 Å². The van der Waals surface area contributed by atoms with Gasteiger partial charge in [0, 0.05) is 32.0 Å². The Morgan fingerprint density at radius 3 is 2.35 bits per heavy atom. The van der Waals surface area contributed by atoms with E-state index in [-0.39, 0.29) is 30.2 Å². The molecule has 0 bridgehead atoms. The van der Waals surface area contributed by atoms with E-state index in [0.717, 1.165) is 29.7 Å². The van der Waals surface area contributed by atoms with E-state index in [0.29, 0.717) is 38.5 Å². The van der Waals surface area contributed by atoms with Crippen LogP contribution in [0.4, 0.5) is 5.69 Å². The lowest BCUT2D eigenvalue weighted by Gasteiger charge is -2.36. The van der Waals surface area contributed by atoms with Crippen molar-refractivity contribution in [2.24, 2.45) is 5.92 Å². The van der Waals surface area contributed by atoms with Crippen molar-refractivity contribution in [3.8, 4) is 0 Å². The molecule has 2 atom stereocenters. The third-order valence-electron chi connectivity index (χ3n) is 7.70. The highest BCUT2D eigenvalue weighted by Gasteiger charge is 2.30. The second-order valence-corrected chi connectivity index (χ2v) is 10.6. The van der Waals surface area contributed by atoms with Gasteiger partial charge < -0.3 is 14.7 Å². The number of imide groups is 1. The number of carboxylic acid groups (broad SMARTS) is 1. The number of benzene rings is 2. The number of anilines is 1. The second-order valence-electron chi connectivity index (χ2n) is 10.6. The molecule has 2 aliphatic rings. The van der Waals surface area contributed by atoms with Crippen molar-refractivity contribution in [2.75, 3.05) is 31.6 Å². The minimum Gasteiger partial charge on any atom is -0.480 e. The number of amides is 3. The van der Waals surface area contributed by atoms with Crippen molar-refractivity contribution < 1.29 is 29.0 Å². The monoisotopic (exact) mass is 551 g/mol. The number of aryl methyl sites for hydroxylation is 1. The molecule has 9 heteroatoms. The Bertz CT molecular complexity index is 1180. The highest BCUT2D eigenvalue weighted by Crippen LogP contribution is 2.32. The van der Waals surface area contributed by atoms with Gasteiger partial charge in [-0.2, -0.15) is 0 Å². The maximum Gasteiger partial charge on any atom is 0.323 e. The molecular formula is C31H41N3O6. The van der Waals surface area contributed by atoms with Gasteiger partial charge in [-0.1, -0.05) is 49.4 Å². The van der Waals surface area contributed by atoms with Gasteiger partial charge in [-0.05, 0) is 68.0 Å². The first kappa shape index (κ1) is 31.0. The Morgan fingerprint density at radius 1 is 1.10 bits per heavy atom. The van der Waals surface area contributed by atoms with Crippen molar-refractivity contribution in [2.45, 2.75) is 65.0 Å². The maximum atomic E-state index is 11.9. The maximum absolute atomic E-state index is 11.9. The highest BCUT2D eigenvalue weighted by molar-refractivity contribution is 5.98. The number of aliphatic carboxylic acids is 1. The second kappa shape index (κ2) is 14.7. The van der Waals surface area contributed by atoms with Gasteiger partial charge in [-0.15, -0.1) is 0 Å².